The van der Waals surface area contributed by atoms with E-state index in [0.717, 1.165) is 5.56 Å². The van der Waals surface area contributed by atoms with Crippen molar-refractivity contribution in [2.75, 3.05) is 20.8 Å². The van der Waals surface area contributed by atoms with E-state index in [1.807, 2.05) is 30.3 Å². The van der Waals surface area contributed by atoms with E-state index in [4.69, 9.17) is 9.47 Å². The second-order valence-corrected chi connectivity index (χ2v) is 7.83. The first-order valence-corrected chi connectivity index (χ1v) is 10.3. The third-order valence-electron chi connectivity index (χ3n) is 4.22. The minimum absolute atomic E-state index is 0.00181. The number of hydrogen-bond acceptors (Lipinski definition) is 6. The smallest absolute Gasteiger partial charge is 0.266 e. The van der Waals surface area contributed by atoms with Crippen LogP contribution >= 0.6 is 0 Å². The van der Waals surface area contributed by atoms with Crippen LogP contribution in [0.4, 0.5) is 0 Å². The van der Waals surface area contributed by atoms with Gasteiger partial charge >= 0.3 is 0 Å². The predicted octanol–water partition coefficient (Wildman–Crippen LogP) is 1.91. The molecule has 0 atom stereocenters. The number of rotatable bonds is 8. The van der Waals surface area contributed by atoms with Gasteiger partial charge in [0.15, 0.2) is 11.5 Å². The highest BCUT2D eigenvalue weighted by Gasteiger charge is 2.17. The number of aromatic nitrogens is 2. The van der Waals surface area contributed by atoms with Crippen molar-refractivity contribution >= 4 is 10.0 Å². The van der Waals surface area contributed by atoms with E-state index in [1.165, 1.54) is 43.2 Å². The largest absolute Gasteiger partial charge is 0.493 e. The molecule has 1 N–H and O–H groups in total. The average Bonchev–Trinajstić information content (AvgIpc) is 2.75. The lowest BCUT2D eigenvalue weighted by atomic mass is 10.1. The summed E-state index contributed by atoms with van der Waals surface area (Å²) < 4.78 is 39.1. The van der Waals surface area contributed by atoms with Crippen LogP contribution in [-0.4, -0.2) is 39.0 Å². The van der Waals surface area contributed by atoms with Gasteiger partial charge in [-0.1, -0.05) is 30.3 Å². The molecule has 0 amide bonds. The predicted molar refractivity (Wildman–Crippen MR) is 109 cm³/mol. The maximum Gasteiger partial charge on any atom is 0.266 e. The maximum absolute atomic E-state index is 12.5. The number of nitrogens with one attached hydrogen (secondary N) is 1. The molecule has 0 spiro atoms. The van der Waals surface area contributed by atoms with Gasteiger partial charge in [0.1, 0.15) is 0 Å². The third-order valence-corrected chi connectivity index (χ3v) is 5.68. The number of benzene rings is 2. The lowest BCUT2D eigenvalue weighted by Crippen LogP contribution is -2.32. The number of nitrogens with zero attached hydrogens (tertiary/aromatic N) is 2. The van der Waals surface area contributed by atoms with Gasteiger partial charge in [-0.25, -0.2) is 17.8 Å². The summed E-state index contributed by atoms with van der Waals surface area (Å²) in [5.41, 5.74) is 1.19. The van der Waals surface area contributed by atoms with Crippen molar-refractivity contribution in [3.8, 4) is 22.8 Å². The molecule has 29 heavy (non-hydrogen) atoms. The zero-order valence-corrected chi connectivity index (χ0v) is 16.8. The molecule has 1 heterocycles. The van der Waals surface area contributed by atoms with Crippen molar-refractivity contribution in [3.05, 3.63) is 71.0 Å². The van der Waals surface area contributed by atoms with Crippen LogP contribution in [0.1, 0.15) is 0 Å². The molecular formula is C20H21N3O5S. The average molecular weight is 415 g/mol. The van der Waals surface area contributed by atoms with Gasteiger partial charge in [-0.2, -0.15) is 5.10 Å². The standard InChI is InChI=1S/C20H21N3O5S/c1-27-18-10-8-16(14-19(18)28-2)29(25,26)21-12-13-23-20(24)11-9-17(22-23)15-6-4-3-5-7-15/h3-11,14,21H,12-13H2,1-2H3. The summed E-state index contributed by atoms with van der Waals surface area (Å²) in [6, 6.07) is 16.8. The van der Waals surface area contributed by atoms with Crippen molar-refractivity contribution in [2.45, 2.75) is 11.4 Å². The Morgan fingerprint density at radius 3 is 2.38 bits per heavy atom. The van der Waals surface area contributed by atoms with E-state index in [-0.39, 0.29) is 23.5 Å². The Morgan fingerprint density at radius 2 is 1.69 bits per heavy atom. The van der Waals surface area contributed by atoms with Gasteiger partial charge in [0, 0.05) is 24.2 Å². The molecule has 0 saturated carbocycles. The van der Waals surface area contributed by atoms with Crippen LogP contribution in [0.2, 0.25) is 0 Å². The van der Waals surface area contributed by atoms with Gasteiger partial charge in [0.2, 0.25) is 10.0 Å². The van der Waals surface area contributed by atoms with E-state index < -0.39 is 10.0 Å². The SMILES string of the molecule is COc1ccc(S(=O)(=O)NCCn2nc(-c3ccccc3)ccc2=O)cc1OC. The van der Waals surface area contributed by atoms with Crippen LogP contribution < -0.4 is 19.8 Å². The number of methoxy groups -OCH3 is 2. The molecule has 0 fully saturated rings. The molecule has 8 nitrogen and oxygen atoms in total. The Bertz CT molecular complexity index is 1140. The normalized spacial score (nSPS) is 11.2. The summed E-state index contributed by atoms with van der Waals surface area (Å²) in [4.78, 5) is 12.1. The number of sulfonamides is 1. The summed E-state index contributed by atoms with van der Waals surface area (Å²) in [6.45, 7) is 0.0911. The van der Waals surface area contributed by atoms with Crippen LogP contribution in [-0.2, 0) is 16.6 Å². The first-order valence-electron chi connectivity index (χ1n) is 8.80. The lowest BCUT2D eigenvalue weighted by molar-refractivity contribution is 0.354. The molecule has 0 unspecified atom stereocenters. The summed E-state index contributed by atoms with van der Waals surface area (Å²) in [7, 11) is -0.891. The summed E-state index contributed by atoms with van der Waals surface area (Å²) in [5.74, 6) is 0.740. The van der Waals surface area contributed by atoms with Gasteiger partial charge < -0.3 is 9.47 Å². The summed E-state index contributed by atoms with van der Waals surface area (Å²) in [5, 5.41) is 4.32. The monoisotopic (exact) mass is 415 g/mol. The Labute approximate surface area is 168 Å². The molecule has 9 heteroatoms. The van der Waals surface area contributed by atoms with Crippen molar-refractivity contribution in [1.82, 2.24) is 14.5 Å². The fourth-order valence-electron chi connectivity index (χ4n) is 2.72. The van der Waals surface area contributed by atoms with Crippen molar-refractivity contribution in [1.29, 1.82) is 0 Å². The second-order valence-electron chi connectivity index (χ2n) is 6.06. The molecule has 3 aromatic rings. The summed E-state index contributed by atoms with van der Waals surface area (Å²) in [6.07, 6.45) is 0. The zero-order valence-electron chi connectivity index (χ0n) is 16.0. The fraction of sp³-hybridized carbons (Fsp3) is 0.200. The number of ether oxygens (including phenoxy) is 2. The highest BCUT2D eigenvalue weighted by molar-refractivity contribution is 7.89. The van der Waals surface area contributed by atoms with E-state index >= 15 is 0 Å². The van der Waals surface area contributed by atoms with Crippen LogP contribution in [0, 0.1) is 0 Å². The topological polar surface area (TPSA) is 99.5 Å². The first-order chi connectivity index (χ1) is 13.9. The highest BCUT2D eigenvalue weighted by Crippen LogP contribution is 2.29. The number of hydrogen-bond donors (Lipinski definition) is 1. The van der Waals surface area contributed by atoms with Crippen LogP contribution in [0.5, 0.6) is 11.5 Å². The molecule has 2 aromatic carbocycles. The van der Waals surface area contributed by atoms with Crippen LogP contribution in [0.15, 0.2) is 70.4 Å². The third kappa shape index (κ3) is 4.82. The van der Waals surface area contributed by atoms with Crippen LogP contribution in [0.25, 0.3) is 11.3 Å². The highest BCUT2D eigenvalue weighted by atomic mass is 32.2. The van der Waals surface area contributed by atoms with E-state index in [9.17, 15) is 13.2 Å². The van der Waals surface area contributed by atoms with Gasteiger partial charge in [0.25, 0.3) is 5.56 Å². The Hall–Kier alpha value is -3.17. The van der Waals surface area contributed by atoms with Crippen LogP contribution in [0.3, 0.4) is 0 Å². The Morgan fingerprint density at radius 1 is 0.966 bits per heavy atom. The Balaban J connectivity index is 1.73. The minimum atomic E-state index is -3.79. The van der Waals surface area contributed by atoms with Gasteiger partial charge in [0.05, 0.1) is 31.4 Å². The second kappa shape index (κ2) is 8.89. The molecule has 0 radical (unpaired) electrons. The molecule has 0 bridgehead atoms. The molecule has 152 valence electrons. The van der Waals surface area contributed by atoms with E-state index in [1.54, 1.807) is 6.07 Å². The van der Waals surface area contributed by atoms with Gasteiger partial charge in [-0.15, -0.1) is 0 Å². The molecule has 0 saturated heterocycles. The molecule has 1 aromatic heterocycles. The van der Waals surface area contributed by atoms with E-state index in [0.29, 0.717) is 17.2 Å². The minimum Gasteiger partial charge on any atom is -0.493 e. The van der Waals surface area contributed by atoms with Crippen molar-refractivity contribution in [3.63, 3.8) is 0 Å². The molecule has 0 aliphatic heterocycles. The molecule has 0 aliphatic rings. The Kier molecular flexibility index (Phi) is 6.30. The fourth-order valence-corrected chi connectivity index (χ4v) is 3.76. The molecule has 0 aliphatic carbocycles. The molecule has 3 rings (SSSR count). The lowest BCUT2D eigenvalue weighted by Gasteiger charge is -2.11. The van der Waals surface area contributed by atoms with Gasteiger partial charge in [-0.3, -0.25) is 4.79 Å². The summed E-state index contributed by atoms with van der Waals surface area (Å²) >= 11 is 0. The quantitative estimate of drug-likeness (QED) is 0.603. The maximum atomic E-state index is 12.5. The first kappa shape index (κ1) is 20.6. The van der Waals surface area contributed by atoms with Crippen molar-refractivity contribution in [2.24, 2.45) is 0 Å². The zero-order chi connectivity index (χ0) is 20.9. The van der Waals surface area contributed by atoms with E-state index in [2.05, 4.69) is 9.82 Å². The van der Waals surface area contributed by atoms with Gasteiger partial charge in [-0.05, 0) is 18.2 Å². The molecular weight excluding hydrogens is 394 g/mol. The van der Waals surface area contributed by atoms with Crippen molar-refractivity contribution < 1.29 is 17.9 Å².